The van der Waals surface area contributed by atoms with E-state index in [1.54, 1.807) is 11.0 Å². The molecule has 1 atom stereocenters. The molecule has 2 aromatic rings. The Balaban J connectivity index is 1.97. The molecular formula is C11H13N7. The van der Waals surface area contributed by atoms with Crippen LogP contribution in [0.1, 0.15) is 12.5 Å². The fourth-order valence-electron chi connectivity index (χ4n) is 2.04. The molecule has 0 spiro atoms. The smallest absolute Gasteiger partial charge is 0.189 e. The van der Waals surface area contributed by atoms with Gasteiger partial charge in [0, 0.05) is 0 Å². The Bertz CT molecular complexity index is 589. The van der Waals surface area contributed by atoms with Crippen LogP contribution in [0, 0.1) is 0 Å². The molecule has 3 N–H and O–H groups in total. The summed E-state index contributed by atoms with van der Waals surface area (Å²) in [5.74, 6) is 0.477. The topological polar surface area (TPSA) is 94.0 Å². The third-order valence-corrected chi connectivity index (χ3v) is 3.07. The number of tetrazole rings is 1. The van der Waals surface area contributed by atoms with Crippen LogP contribution in [0.3, 0.4) is 0 Å². The molecule has 7 nitrogen and oxygen atoms in total. The Kier molecular flexibility index (Phi) is 2.26. The van der Waals surface area contributed by atoms with E-state index in [-0.39, 0.29) is 5.54 Å². The first-order chi connectivity index (χ1) is 8.67. The van der Waals surface area contributed by atoms with Crippen molar-refractivity contribution in [1.29, 1.82) is 0 Å². The van der Waals surface area contributed by atoms with Crippen LogP contribution in [0.2, 0.25) is 0 Å². The van der Waals surface area contributed by atoms with Gasteiger partial charge in [0.2, 0.25) is 0 Å². The number of aliphatic imine (C=N–C) groups is 1. The molecule has 2 heterocycles. The third kappa shape index (κ3) is 1.69. The van der Waals surface area contributed by atoms with E-state index in [1.165, 1.54) is 0 Å². The summed E-state index contributed by atoms with van der Waals surface area (Å²) in [6.45, 7) is 2.69. The summed E-state index contributed by atoms with van der Waals surface area (Å²) in [5.41, 5.74) is 7.42. The van der Waals surface area contributed by atoms with Crippen LogP contribution in [-0.4, -0.2) is 32.7 Å². The molecule has 1 aliphatic rings. The van der Waals surface area contributed by atoms with E-state index < -0.39 is 0 Å². The van der Waals surface area contributed by atoms with Gasteiger partial charge in [-0.05, 0) is 35.0 Å². The molecule has 7 heteroatoms. The lowest BCUT2D eigenvalue weighted by Crippen LogP contribution is -2.43. The summed E-state index contributed by atoms with van der Waals surface area (Å²) in [5, 5.41) is 14.3. The van der Waals surface area contributed by atoms with Gasteiger partial charge in [-0.15, -0.1) is 5.10 Å². The van der Waals surface area contributed by atoms with E-state index in [4.69, 9.17) is 5.73 Å². The van der Waals surface area contributed by atoms with E-state index >= 15 is 0 Å². The Morgan fingerprint density at radius 1 is 1.44 bits per heavy atom. The van der Waals surface area contributed by atoms with Gasteiger partial charge in [0.05, 0.1) is 17.8 Å². The monoisotopic (exact) mass is 243 g/mol. The van der Waals surface area contributed by atoms with Gasteiger partial charge < -0.3 is 11.1 Å². The maximum Gasteiger partial charge on any atom is 0.189 e. The second-order valence-corrected chi connectivity index (χ2v) is 4.46. The van der Waals surface area contributed by atoms with Crippen molar-refractivity contribution >= 4 is 5.96 Å². The molecule has 0 aliphatic carbocycles. The molecule has 0 bridgehead atoms. The lowest BCUT2D eigenvalue weighted by atomic mass is 9.92. The number of nitrogens with one attached hydrogen (secondary N) is 1. The molecule has 1 unspecified atom stereocenters. The first-order valence-corrected chi connectivity index (χ1v) is 5.59. The van der Waals surface area contributed by atoms with E-state index in [0.717, 1.165) is 11.3 Å². The van der Waals surface area contributed by atoms with Gasteiger partial charge in [0.25, 0.3) is 0 Å². The number of nitrogens with zero attached hydrogens (tertiary/aromatic N) is 5. The lowest BCUT2D eigenvalue weighted by molar-refractivity contribution is 0.479. The highest BCUT2D eigenvalue weighted by Crippen LogP contribution is 2.25. The van der Waals surface area contributed by atoms with Crippen molar-refractivity contribution in [3.63, 3.8) is 0 Å². The maximum absolute atomic E-state index is 5.68. The molecule has 0 saturated heterocycles. The molecule has 0 saturated carbocycles. The second kappa shape index (κ2) is 3.80. The summed E-state index contributed by atoms with van der Waals surface area (Å²) in [6, 6.07) is 7.97. The second-order valence-electron chi connectivity index (χ2n) is 4.46. The van der Waals surface area contributed by atoms with Crippen molar-refractivity contribution in [3.05, 3.63) is 36.2 Å². The van der Waals surface area contributed by atoms with Gasteiger partial charge in [-0.25, -0.2) is 4.68 Å². The van der Waals surface area contributed by atoms with Crippen molar-refractivity contribution in [1.82, 2.24) is 25.5 Å². The van der Waals surface area contributed by atoms with Gasteiger partial charge >= 0.3 is 0 Å². The fourth-order valence-corrected chi connectivity index (χ4v) is 2.04. The molecule has 0 fully saturated rings. The Hall–Kier alpha value is -2.44. The van der Waals surface area contributed by atoms with Crippen molar-refractivity contribution in [2.75, 3.05) is 6.54 Å². The average molecular weight is 243 g/mol. The number of guanidine groups is 1. The van der Waals surface area contributed by atoms with Crippen LogP contribution < -0.4 is 11.1 Å². The van der Waals surface area contributed by atoms with Gasteiger partial charge in [-0.3, -0.25) is 4.99 Å². The average Bonchev–Trinajstić information content (AvgIpc) is 3.00. The van der Waals surface area contributed by atoms with Crippen LogP contribution in [-0.2, 0) is 5.54 Å². The molecule has 3 rings (SSSR count). The molecule has 0 radical (unpaired) electrons. The zero-order valence-corrected chi connectivity index (χ0v) is 9.91. The molecule has 0 amide bonds. The van der Waals surface area contributed by atoms with Crippen LogP contribution >= 0.6 is 0 Å². The molecular weight excluding hydrogens is 230 g/mol. The molecule has 1 aromatic carbocycles. The number of rotatable bonds is 2. The van der Waals surface area contributed by atoms with Crippen molar-refractivity contribution in [2.24, 2.45) is 10.7 Å². The summed E-state index contributed by atoms with van der Waals surface area (Å²) in [7, 11) is 0. The Morgan fingerprint density at radius 3 is 3.00 bits per heavy atom. The highest BCUT2D eigenvalue weighted by atomic mass is 15.5. The van der Waals surface area contributed by atoms with Gasteiger partial charge in [-0.2, -0.15) is 0 Å². The fraction of sp³-hybridized carbons (Fsp3) is 0.273. The molecule has 18 heavy (non-hydrogen) atoms. The van der Waals surface area contributed by atoms with E-state index in [0.29, 0.717) is 12.5 Å². The summed E-state index contributed by atoms with van der Waals surface area (Å²) in [4.78, 5) is 4.19. The van der Waals surface area contributed by atoms with Crippen LogP contribution in [0.25, 0.3) is 5.69 Å². The quantitative estimate of drug-likeness (QED) is 0.761. The zero-order valence-electron chi connectivity index (χ0n) is 9.91. The van der Waals surface area contributed by atoms with Crippen LogP contribution in [0.5, 0.6) is 0 Å². The SMILES string of the molecule is CC1(c2cccc(-n3cnnn3)c2)CN=C(N)N1. The number of aromatic nitrogens is 4. The summed E-state index contributed by atoms with van der Waals surface area (Å²) < 4.78 is 1.62. The first kappa shape index (κ1) is 10.7. The van der Waals surface area contributed by atoms with Crippen molar-refractivity contribution < 1.29 is 0 Å². The van der Waals surface area contributed by atoms with Crippen LogP contribution in [0.15, 0.2) is 35.6 Å². The predicted molar refractivity (Wildman–Crippen MR) is 66.1 cm³/mol. The van der Waals surface area contributed by atoms with E-state index in [1.807, 2.05) is 24.3 Å². The predicted octanol–water partition coefficient (Wildman–Crippen LogP) is -0.205. The van der Waals surface area contributed by atoms with Crippen molar-refractivity contribution in [2.45, 2.75) is 12.5 Å². The van der Waals surface area contributed by atoms with Gasteiger partial charge in [0.1, 0.15) is 6.33 Å². The molecule has 1 aliphatic heterocycles. The largest absolute Gasteiger partial charge is 0.370 e. The zero-order chi connectivity index (χ0) is 12.6. The minimum absolute atomic E-state index is 0.270. The lowest BCUT2D eigenvalue weighted by Gasteiger charge is -2.25. The van der Waals surface area contributed by atoms with Gasteiger partial charge in [-0.1, -0.05) is 12.1 Å². The van der Waals surface area contributed by atoms with E-state index in [2.05, 4.69) is 32.8 Å². The first-order valence-electron chi connectivity index (χ1n) is 5.59. The Labute approximate surface area is 104 Å². The number of hydrogen-bond acceptors (Lipinski definition) is 6. The number of hydrogen-bond donors (Lipinski definition) is 2. The molecule has 1 aromatic heterocycles. The minimum Gasteiger partial charge on any atom is -0.370 e. The summed E-state index contributed by atoms with van der Waals surface area (Å²) in [6.07, 6.45) is 1.56. The minimum atomic E-state index is -0.270. The Morgan fingerprint density at radius 2 is 2.33 bits per heavy atom. The number of nitrogens with two attached hydrogens (primary N) is 1. The standard InChI is InChI=1S/C11H13N7/c1-11(6-13-10(12)15-11)8-3-2-4-9(5-8)18-7-14-16-17-18/h2-5,7H,6H2,1H3,(H3,12,13,15). The summed E-state index contributed by atoms with van der Waals surface area (Å²) >= 11 is 0. The third-order valence-electron chi connectivity index (χ3n) is 3.07. The van der Waals surface area contributed by atoms with E-state index in [9.17, 15) is 0 Å². The normalized spacial score (nSPS) is 22.6. The van der Waals surface area contributed by atoms with Crippen molar-refractivity contribution in [3.8, 4) is 5.69 Å². The maximum atomic E-state index is 5.68. The van der Waals surface area contributed by atoms with Crippen LogP contribution in [0.4, 0.5) is 0 Å². The number of benzene rings is 1. The highest BCUT2D eigenvalue weighted by Gasteiger charge is 2.31. The molecule has 92 valence electrons. The highest BCUT2D eigenvalue weighted by molar-refractivity contribution is 5.81. The van der Waals surface area contributed by atoms with Gasteiger partial charge in [0.15, 0.2) is 5.96 Å².